The van der Waals surface area contributed by atoms with E-state index >= 15 is 0 Å². The lowest BCUT2D eigenvalue weighted by molar-refractivity contribution is -0.122. The van der Waals surface area contributed by atoms with Crippen LogP contribution in [0.25, 0.3) is 32.7 Å². The molecule has 0 bridgehead atoms. The molecular formula is C26H21NO4. The molecule has 0 saturated heterocycles. The molecule has 31 heavy (non-hydrogen) atoms. The van der Waals surface area contributed by atoms with Gasteiger partial charge >= 0.3 is 0 Å². The van der Waals surface area contributed by atoms with Crippen molar-refractivity contribution in [3.8, 4) is 11.5 Å². The maximum Gasteiger partial charge on any atom is 0.265 e. The standard InChI is InChI=1S/C26H21NO4/c1-16(30-19-12-11-17-7-3-4-8-18(17)13-19)26(28)27-22-15-24-21(14-25(22)29-2)20-9-5-6-10-23(20)31-24/h3-16H,1-2H3,(H,27,28)/t16-/m1/s1. The minimum Gasteiger partial charge on any atom is -0.495 e. The first-order chi connectivity index (χ1) is 15.1. The van der Waals surface area contributed by atoms with Gasteiger partial charge in [0, 0.05) is 16.8 Å². The summed E-state index contributed by atoms with van der Waals surface area (Å²) in [6.45, 7) is 1.72. The third-order valence-electron chi connectivity index (χ3n) is 5.36. The molecule has 0 radical (unpaired) electrons. The molecule has 5 aromatic rings. The average molecular weight is 411 g/mol. The molecule has 154 valence electrons. The molecule has 1 N–H and O–H groups in total. The Kier molecular flexibility index (Phi) is 4.71. The summed E-state index contributed by atoms with van der Waals surface area (Å²) in [6, 6.07) is 25.3. The maximum absolute atomic E-state index is 12.8. The Hall–Kier alpha value is -3.99. The number of ether oxygens (including phenoxy) is 2. The van der Waals surface area contributed by atoms with Crippen LogP contribution in [0.4, 0.5) is 5.69 Å². The van der Waals surface area contributed by atoms with Gasteiger partial charge in [0.2, 0.25) is 0 Å². The van der Waals surface area contributed by atoms with E-state index < -0.39 is 6.10 Å². The number of anilines is 1. The van der Waals surface area contributed by atoms with Crippen molar-refractivity contribution in [3.63, 3.8) is 0 Å². The molecule has 0 unspecified atom stereocenters. The van der Waals surface area contributed by atoms with E-state index in [-0.39, 0.29) is 5.91 Å². The van der Waals surface area contributed by atoms with Crippen LogP contribution in [0, 0.1) is 0 Å². The van der Waals surface area contributed by atoms with Crippen molar-refractivity contribution < 1.29 is 18.7 Å². The van der Waals surface area contributed by atoms with Gasteiger partial charge in [-0.25, -0.2) is 0 Å². The number of carbonyl (C=O) groups is 1. The van der Waals surface area contributed by atoms with Gasteiger partial charge in [-0.3, -0.25) is 4.79 Å². The van der Waals surface area contributed by atoms with Crippen LogP contribution in [-0.2, 0) is 4.79 Å². The summed E-state index contributed by atoms with van der Waals surface area (Å²) in [5, 5.41) is 7.02. The van der Waals surface area contributed by atoms with Gasteiger partial charge in [0.05, 0.1) is 12.8 Å². The molecule has 4 aromatic carbocycles. The molecule has 0 saturated carbocycles. The van der Waals surface area contributed by atoms with Crippen LogP contribution in [0.3, 0.4) is 0 Å². The highest BCUT2D eigenvalue weighted by Gasteiger charge is 2.19. The summed E-state index contributed by atoms with van der Waals surface area (Å²) < 4.78 is 17.3. The Morgan fingerprint density at radius 3 is 2.48 bits per heavy atom. The number of carbonyl (C=O) groups excluding carboxylic acids is 1. The van der Waals surface area contributed by atoms with Crippen molar-refractivity contribution in [1.29, 1.82) is 0 Å². The maximum atomic E-state index is 12.8. The number of furan rings is 1. The second-order valence-corrected chi connectivity index (χ2v) is 7.41. The van der Waals surface area contributed by atoms with Crippen LogP contribution < -0.4 is 14.8 Å². The van der Waals surface area contributed by atoms with Crippen LogP contribution >= 0.6 is 0 Å². The molecule has 5 nitrogen and oxygen atoms in total. The Balaban J connectivity index is 1.39. The van der Waals surface area contributed by atoms with E-state index in [2.05, 4.69) is 5.32 Å². The summed E-state index contributed by atoms with van der Waals surface area (Å²) in [5.74, 6) is 0.924. The van der Waals surface area contributed by atoms with Gasteiger partial charge in [0.25, 0.3) is 5.91 Å². The first-order valence-corrected chi connectivity index (χ1v) is 10.1. The summed E-state index contributed by atoms with van der Waals surface area (Å²) >= 11 is 0. The predicted octanol–water partition coefficient (Wildman–Crippen LogP) is 6.15. The van der Waals surface area contributed by atoms with Gasteiger partial charge < -0.3 is 19.2 Å². The molecule has 5 heteroatoms. The lowest BCUT2D eigenvalue weighted by Gasteiger charge is -2.16. The van der Waals surface area contributed by atoms with Gasteiger partial charge in [-0.15, -0.1) is 0 Å². The Labute approximate surface area is 179 Å². The lowest BCUT2D eigenvalue weighted by atomic mass is 10.1. The van der Waals surface area contributed by atoms with Gasteiger partial charge in [-0.05, 0) is 42.0 Å². The molecular weight excluding hydrogens is 390 g/mol. The minimum absolute atomic E-state index is 0.276. The van der Waals surface area contributed by atoms with Crippen molar-refractivity contribution in [2.24, 2.45) is 0 Å². The van der Waals surface area contributed by atoms with E-state index in [0.717, 1.165) is 27.1 Å². The first kappa shape index (κ1) is 19.0. The molecule has 0 aliphatic carbocycles. The van der Waals surface area contributed by atoms with Gasteiger partial charge in [0.15, 0.2) is 6.10 Å². The zero-order valence-corrected chi connectivity index (χ0v) is 17.2. The number of benzene rings is 4. The van der Waals surface area contributed by atoms with Crippen LogP contribution in [-0.4, -0.2) is 19.1 Å². The number of hydrogen-bond donors (Lipinski definition) is 1. The molecule has 5 rings (SSSR count). The van der Waals surface area contributed by atoms with Crippen LogP contribution in [0.5, 0.6) is 11.5 Å². The summed E-state index contributed by atoms with van der Waals surface area (Å²) in [4.78, 5) is 12.8. The largest absolute Gasteiger partial charge is 0.495 e. The Morgan fingerprint density at radius 2 is 1.65 bits per heavy atom. The average Bonchev–Trinajstić information content (AvgIpc) is 3.15. The SMILES string of the molecule is COc1cc2c(cc1NC(=O)[C@@H](C)Oc1ccc3ccccc3c1)oc1ccccc12. The number of methoxy groups -OCH3 is 1. The van der Waals surface area contributed by atoms with Crippen molar-refractivity contribution in [2.75, 3.05) is 12.4 Å². The monoisotopic (exact) mass is 411 g/mol. The Morgan fingerprint density at radius 1 is 0.871 bits per heavy atom. The smallest absolute Gasteiger partial charge is 0.265 e. The Bertz CT molecular complexity index is 1420. The van der Waals surface area contributed by atoms with Crippen molar-refractivity contribution in [2.45, 2.75) is 13.0 Å². The molecule has 0 fully saturated rings. The van der Waals surface area contributed by atoms with Crippen molar-refractivity contribution in [3.05, 3.63) is 78.9 Å². The van der Waals surface area contributed by atoms with Gasteiger partial charge in [-0.2, -0.15) is 0 Å². The molecule has 0 spiro atoms. The fourth-order valence-electron chi connectivity index (χ4n) is 3.75. The number of hydrogen-bond acceptors (Lipinski definition) is 4. The lowest BCUT2D eigenvalue weighted by Crippen LogP contribution is -2.30. The molecule has 1 amide bonds. The zero-order chi connectivity index (χ0) is 21.4. The molecule has 0 aliphatic rings. The molecule has 1 aromatic heterocycles. The van der Waals surface area contributed by atoms with Crippen LogP contribution in [0.15, 0.2) is 83.3 Å². The summed E-state index contributed by atoms with van der Waals surface area (Å²) in [5.41, 5.74) is 2.00. The second-order valence-electron chi connectivity index (χ2n) is 7.41. The van der Waals surface area contributed by atoms with E-state index in [1.165, 1.54) is 0 Å². The number of fused-ring (bicyclic) bond motifs is 4. The highest BCUT2D eigenvalue weighted by atomic mass is 16.5. The number of rotatable bonds is 5. The molecule has 1 atom stereocenters. The quantitative estimate of drug-likeness (QED) is 0.377. The number of amides is 1. The number of nitrogens with one attached hydrogen (secondary N) is 1. The second kappa shape index (κ2) is 7.69. The van der Waals surface area contributed by atoms with Crippen molar-refractivity contribution >= 4 is 44.3 Å². The topological polar surface area (TPSA) is 60.7 Å². The van der Waals surface area contributed by atoms with E-state index in [1.807, 2.05) is 72.8 Å². The van der Waals surface area contributed by atoms with Crippen LogP contribution in [0.1, 0.15) is 6.92 Å². The first-order valence-electron chi connectivity index (χ1n) is 10.1. The normalized spacial score (nSPS) is 12.2. The summed E-state index contributed by atoms with van der Waals surface area (Å²) in [7, 11) is 1.58. The molecule has 0 aliphatic heterocycles. The van der Waals surface area contributed by atoms with E-state index in [9.17, 15) is 4.79 Å². The van der Waals surface area contributed by atoms with Gasteiger partial charge in [0.1, 0.15) is 22.7 Å². The van der Waals surface area contributed by atoms with Crippen molar-refractivity contribution in [1.82, 2.24) is 0 Å². The van der Waals surface area contributed by atoms with Crippen LogP contribution in [0.2, 0.25) is 0 Å². The molecule has 1 heterocycles. The third-order valence-corrected chi connectivity index (χ3v) is 5.36. The van der Waals surface area contributed by atoms with E-state index in [4.69, 9.17) is 13.9 Å². The highest BCUT2D eigenvalue weighted by molar-refractivity contribution is 6.08. The zero-order valence-electron chi connectivity index (χ0n) is 17.2. The fourth-order valence-corrected chi connectivity index (χ4v) is 3.75. The third kappa shape index (κ3) is 3.55. The summed E-state index contributed by atoms with van der Waals surface area (Å²) in [6.07, 6.45) is -0.697. The van der Waals surface area contributed by atoms with Gasteiger partial charge in [-0.1, -0.05) is 48.5 Å². The highest BCUT2D eigenvalue weighted by Crippen LogP contribution is 2.36. The predicted molar refractivity (Wildman–Crippen MR) is 123 cm³/mol. The minimum atomic E-state index is -0.697. The fraction of sp³-hybridized carbons (Fsp3) is 0.115. The van der Waals surface area contributed by atoms with E-state index in [1.54, 1.807) is 20.1 Å². The number of para-hydroxylation sites is 1. The van der Waals surface area contributed by atoms with E-state index in [0.29, 0.717) is 22.8 Å².